The lowest BCUT2D eigenvalue weighted by molar-refractivity contribution is 0.126. The lowest BCUT2D eigenvalue weighted by Gasteiger charge is -2.26. The molecule has 1 heterocycles. The number of nitriles is 1. The molecule has 110 valence electrons. The van der Waals surface area contributed by atoms with E-state index in [1.807, 2.05) is 20.8 Å². The molecule has 0 unspecified atom stereocenters. The highest BCUT2D eigenvalue weighted by Crippen LogP contribution is 2.29. The largest absolute Gasteiger partial charge is 0.393 e. The van der Waals surface area contributed by atoms with Crippen molar-refractivity contribution >= 4 is 11.6 Å². The Bertz CT molecular complexity index is 515. The van der Waals surface area contributed by atoms with Crippen LogP contribution in [-0.4, -0.2) is 27.0 Å². The monoisotopic (exact) mass is 277 g/mol. The molecule has 0 aromatic carbocycles. The van der Waals surface area contributed by atoms with E-state index < -0.39 is 0 Å². The zero-order valence-electron chi connectivity index (χ0n) is 12.3. The molecule has 0 bridgehead atoms. The van der Waals surface area contributed by atoms with Crippen molar-refractivity contribution in [3.63, 3.8) is 0 Å². The Labute approximate surface area is 119 Å². The van der Waals surface area contributed by atoms with Crippen LogP contribution in [0.2, 0.25) is 0 Å². The molecule has 1 aromatic heterocycles. The Kier molecular flexibility index (Phi) is 3.91. The van der Waals surface area contributed by atoms with Crippen molar-refractivity contribution in [2.45, 2.75) is 64.1 Å². The number of anilines is 2. The van der Waals surface area contributed by atoms with E-state index in [1.54, 1.807) is 4.68 Å². The highest BCUT2D eigenvalue weighted by molar-refractivity contribution is 5.64. The number of nitrogen functional groups attached to an aromatic ring is 1. The van der Waals surface area contributed by atoms with E-state index in [2.05, 4.69) is 16.5 Å². The van der Waals surface area contributed by atoms with E-state index >= 15 is 0 Å². The van der Waals surface area contributed by atoms with Crippen LogP contribution in [0.25, 0.3) is 0 Å². The van der Waals surface area contributed by atoms with Crippen LogP contribution >= 0.6 is 0 Å². The van der Waals surface area contributed by atoms with Gasteiger partial charge in [0.1, 0.15) is 17.5 Å². The highest BCUT2D eigenvalue weighted by Gasteiger charge is 2.26. The zero-order valence-corrected chi connectivity index (χ0v) is 12.3. The molecule has 0 amide bonds. The summed E-state index contributed by atoms with van der Waals surface area (Å²) in [6.07, 6.45) is 3.15. The second-order valence-electron chi connectivity index (χ2n) is 6.45. The maximum Gasteiger partial charge on any atom is 0.168 e. The molecule has 0 saturated heterocycles. The van der Waals surface area contributed by atoms with Crippen LogP contribution in [0.3, 0.4) is 0 Å². The quantitative estimate of drug-likeness (QED) is 0.765. The average Bonchev–Trinajstić information content (AvgIpc) is 2.68. The molecule has 4 N–H and O–H groups in total. The van der Waals surface area contributed by atoms with Crippen LogP contribution in [0.1, 0.15) is 52.0 Å². The summed E-state index contributed by atoms with van der Waals surface area (Å²) in [5.74, 6) is 0.958. The van der Waals surface area contributed by atoms with Crippen molar-refractivity contribution in [3.8, 4) is 6.07 Å². The van der Waals surface area contributed by atoms with Gasteiger partial charge in [-0.2, -0.15) is 10.4 Å². The lowest BCUT2D eigenvalue weighted by atomic mass is 9.93. The van der Waals surface area contributed by atoms with Crippen molar-refractivity contribution < 1.29 is 5.11 Å². The molecule has 1 aromatic rings. The fourth-order valence-electron chi connectivity index (χ4n) is 2.57. The van der Waals surface area contributed by atoms with E-state index in [0.29, 0.717) is 17.2 Å². The first-order valence-electron chi connectivity index (χ1n) is 7.06. The Balaban J connectivity index is 2.22. The normalized spacial score (nSPS) is 23.4. The number of aliphatic hydroxyl groups is 1. The zero-order chi connectivity index (χ0) is 14.9. The highest BCUT2D eigenvalue weighted by atomic mass is 16.3. The molecular formula is C14H23N5O. The third kappa shape index (κ3) is 2.88. The Morgan fingerprint density at radius 1 is 1.35 bits per heavy atom. The molecule has 6 heteroatoms. The molecule has 1 aliphatic carbocycles. The van der Waals surface area contributed by atoms with Gasteiger partial charge < -0.3 is 16.2 Å². The first-order chi connectivity index (χ1) is 9.32. The number of rotatable bonds is 2. The van der Waals surface area contributed by atoms with Crippen LogP contribution in [0, 0.1) is 11.3 Å². The second kappa shape index (κ2) is 5.33. The Morgan fingerprint density at radius 3 is 2.45 bits per heavy atom. The van der Waals surface area contributed by atoms with Gasteiger partial charge in [0, 0.05) is 6.04 Å². The molecule has 1 fully saturated rings. The third-order valence-electron chi connectivity index (χ3n) is 3.71. The SMILES string of the molecule is CC(C)(C)n1nc(NC2CCC(O)CC2)c(C#N)c1N. The number of nitrogens with two attached hydrogens (primary N) is 1. The predicted octanol–water partition coefficient (Wildman–Crippen LogP) is 1.81. The van der Waals surface area contributed by atoms with E-state index in [4.69, 9.17) is 5.73 Å². The minimum atomic E-state index is -0.266. The number of hydrogen-bond acceptors (Lipinski definition) is 5. The van der Waals surface area contributed by atoms with Crippen molar-refractivity contribution in [3.05, 3.63) is 5.56 Å². The number of nitrogens with zero attached hydrogens (tertiary/aromatic N) is 3. The molecule has 0 atom stereocenters. The van der Waals surface area contributed by atoms with Gasteiger partial charge in [-0.1, -0.05) is 0 Å². The predicted molar refractivity (Wildman–Crippen MR) is 78.2 cm³/mol. The fraction of sp³-hybridized carbons (Fsp3) is 0.714. The number of aromatic nitrogens is 2. The van der Waals surface area contributed by atoms with E-state index in [1.165, 1.54) is 0 Å². The van der Waals surface area contributed by atoms with Crippen molar-refractivity contribution in [2.24, 2.45) is 0 Å². The van der Waals surface area contributed by atoms with E-state index in [9.17, 15) is 10.4 Å². The van der Waals surface area contributed by atoms with Crippen LogP contribution in [0.5, 0.6) is 0 Å². The molecule has 0 aliphatic heterocycles. The third-order valence-corrected chi connectivity index (χ3v) is 3.71. The van der Waals surface area contributed by atoms with E-state index in [0.717, 1.165) is 25.7 Å². The topological polar surface area (TPSA) is 99.9 Å². The first kappa shape index (κ1) is 14.7. The van der Waals surface area contributed by atoms with Gasteiger partial charge in [0.05, 0.1) is 11.6 Å². The van der Waals surface area contributed by atoms with Gasteiger partial charge in [-0.3, -0.25) is 0 Å². The minimum Gasteiger partial charge on any atom is -0.393 e. The molecule has 2 rings (SSSR count). The van der Waals surface area contributed by atoms with Gasteiger partial charge in [-0.05, 0) is 46.5 Å². The van der Waals surface area contributed by atoms with Gasteiger partial charge >= 0.3 is 0 Å². The maximum atomic E-state index is 9.53. The van der Waals surface area contributed by atoms with Crippen LogP contribution in [0.4, 0.5) is 11.6 Å². The summed E-state index contributed by atoms with van der Waals surface area (Å²) in [5.41, 5.74) is 6.17. The summed E-state index contributed by atoms with van der Waals surface area (Å²) in [4.78, 5) is 0. The summed E-state index contributed by atoms with van der Waals surface area (Å²) < 4.78 is 1.69. The molecule has 20 heavy (non-hydrogen) atoms. The van der Waals surface area contributed by atoms with Gasteiger partial charge in [-0.15, -0.1) is 0 Å². The second-order valence-corrected chi connectivity index (χ2v) is 6.45. The van der Waals surface area contributed by atoms with Gasteiger partial charge in [0.2, 0.25) is 0 Å². The van der Waals surface area contributed by atoms with Crippen molar-refractivity contribution in [1.29, 1.82) is 5.26 Å². The van der Waals surface area contributed by atoms with Gasteiger partial charge in [-0.25, -0.2) is 4.68 Å². The Morgan fingerprint density at radius 2 is 1.95 bits per heavy atom. The van der Waals surface area contributed by atoms with Gasteiger partial charge in [0.15, 0.2) is 5.82 Å². The fourth-order valence-corrected chi connectivity index (χ4v) is 2.57. The van der Waals surface area contributed by atoms with Crippen LogP contribution in [-0.2, 0) is 5.54 Å². The summed E-state index contributed by atoms with van der Waals surface area (Å²) in [6, 6.07) is 2.38. The van der Waals surface area contributed by atoms with Gasteiger partial charge in [0.25, 0.3) is 0 Å². The van der Waals surface area contributed by atoms with Crippen LogP contribution < -0.4 is 11.1 Å². The number of hydrogen-bond donors (Lipinski definition) is 3. The molecular weight excluding hydrogens is 254 g/mol. The average molecular weight is 277 g/mol. The Hall–Kier alpha value is -1.74. The summed E-state index contributed by atoms with van der Waals surface area (Å²) in [6.45, 7) is 5.99. The first-order valence-corrected chi connectivity index (χ1v) is 7.06. The van der Waals surface area contributed by atoms with Crippen molar-refractivity contribution in [1.82, 2.24) is 9.78 Å². The number of aliphatic hydroxyl groups excluding tert-OH is 1. The molecule has 0 spiro atoms. The standard InChI is InChI=1S/C14H23N5O/c1-14(2,3)19-12(16)11(8-15)13(18-19)17-9-4-6-10(20)7-5-9/h9-10,20H,4-7,16H2,1-3H3,(H,17,18). The molecule has 6 nitrogen and oxygen atoms in total. The van der Waals surface area contributed by atoms with Crippen molar-refractivity contribution in [2.75, 3.05) is 11.1 Å². The molecule has 1 aliphatic rings. The lowest BCUT2D eigenvalue weighted by Crippen LogP contribution is -2.29. The maximum absolute atomic E-state index is 9.53. The summed E-state index contributed by atoms with van der Waals surface area (Å²) >= 11 is 0. The summed E-state index contributed by atoms with van der Waals surface area (Å²) in [5, 5.41) is 26.6. The van der Waals surface area contributed by atoms with E-state index in [-0.39, 0.29) is 17.7 Å². The molecule has 0 radical (unpaired) electrons. The summed E-state index contributed by atoms with van der Waals surface area (Å²) in [7, 11) is 0. The van der Waals surface area contributed by atoms with Crippen LogP contribution in [0.15, 0.2) is 0 Å². The smallest absolute Gasteiger partial charge is 0.168 e. The number of nitrogens with one attached hydrogen (secondary N) is 1. The minimum absolute atomic E-state index is 0.194. The molecule has 1 saturated carbocycles.